The number of carbonyl (C=O) groups is 1. The Hall–Kier alpha value is -0.650. The molecule has 0 aliphatic carbocycles. The topological polar surface area (TPSA) is 68.2 Å². The molecule has 0 heterocycles. The number of hydrogen-bond acceptors (Lipinski definition) is 2. The number of quaternary nitrogens is 2. The van der Waals surface area contributed by atoms with Gasteiger partial charge in [-0.2, -0.15) is 0 Å². The number of nitrogens with zero attached hydrogens (tertiary/aromatic N) is 2. The maximum atomic E-state index is 11.8. The molecule has 5 nitrogen and oxygen atoms in total. The molecule has 0 aromatic rings. The molecule has 0 spiro atoms. The zero-order valence-electron chi connectivity index (χ0n) is 12.5. The first-order valence-corrected chi connectivity index (χ1v) is 6.91. The summed E-state index contributed by atoms with van der Waals surface area (Å²) in [6, 6.07) is -0.320. The predicted octanol–water partition coefficient (Wildman–Crippen LogP) is 0.491. The summed E-state index contributed by atoms with van der Waals surface area (Å²) in [5.41, 5.74) is 3.84. The molecule has 0 aliphatic heterocycles. The molecule has 1 unspecified atom stereocenters. The van der Waals surface area contributed by atoms with E-state index in [0.717, 1.165) is 35.4 Å². The molecular weight excluding hydrogens is 230 g/mol. The maximum Gasteiger partial charge on any atom is 0.304 e. The van der Waals surface area contributed by atoms with Gasteiger partial charge >= 0.3 is 5.91 Å². The van der Waals surface area contributed by atoms with Crippen LogP contribution in [-0.4, -0.2) is 60.9 Å². The Balaban J connectivity index is 3.90. The Bertz CT molecular complexity index is 239. The minimum atomic E-state index is -0.320. The van der Waals surface area contributed by atoms with E-state index >= 15 is 0 Å². The highest BCUT2D eigenvalue weighted by molar-refractivity contribution is 5.79. The van der Waals surface area contributed by atoms with Crippen LogP contribution in [0.5, 0.6) is 0 Å². The van der Waals surface area contributed by atoms with Gasteiger partial charge in [0.15, 0.2) is 6.04 Å². The van der Waals surface area contributed by atoms with E-state index in [4.69, 9.17) is 0 Å². The summed E-state index contributed by atoms with van der Waals surface area (Å²) in [5, 5.41) is 10.5. The van der Waals surface area contributed by atoms with E-state index in [-0.39, 0.29) is 11.9 Å². The SMILES string of the molecule is CCCCCCC([NH3+])C(=O)N(O)CC[N+](C)(C)C. The lowest BCUT2D eigenvalue weighted by Gasteiger charge is -2.26. The van der Waals surface area contributed by atoms with Gasteiger partial charge in [0.25, 0.3) is 0 Å². The van der Waals surface area contributed by atoms with E-state index in [2.05, 4.69) is 12.7 Å². The number of rotatable bonds is 9. The summed E-state index contributed by atoms with van der Waals surface area (Å²) in [5.74, 6) is -0.250. The molecule has 0 aromatic heterocycles. The number of unbranched alkanes of at least 4 members (excludes halogenated alkanes) is 3. The lowest BCUT2D eigenvalue weighted by Crippen LogP contribution is -2.67. The van der Waals surface area contributed by atoms with E-state index in [1.54, 1.807) is 0 Å². The molecule has 108 valence electrons. The molecule has 0 radical (unpaired) electrons. The number of hydroxylamine groups is 2. The highest BCUT2D eigenvalue weighted by Gasteiger charge is 2.23. The minimum absolute atomic E-state index is 0.250. The van der Waals surface area contributed by atoms with Crippen LogP contribution < -0.4 is 5.73 Å². The van der Waals surface area contributed by atoms with E-state index in [1.807, 2.05) is 21.1 Å². The van der Waals surface area contributed by atoms with Crippen molar-refractivity contribution in [3.8, 4) is 0 Å². The van der Waals surface area contributed by atoms with E-state index in [0.29, 0.717) is 6.54 Å². The molecule has 1 amide bonds. The van der Waals surface area contributed by atoms with Gasteiger partial charge in [-0.05, 0) is 6.42 Å². The van der Waals surface area contributed by atoms with Crippen molar-refractivity contribution < 1.29 is 20.2 Å². The third kappa shape index (κ3) is 8.44. The van der Waals surface area contributed by atoms with Gasteiger partial charge in [-0.1, -0.05) is 26.2 Å². The maximum absolute atomic E-state index is 11.8. The summed E-state index contributed by atoms with van der Waals surface area (Å²) in [7, 11) is 6.10. The smallest absolute Gasteiger partial charge is 0.304 e. The Morgan fingerprint density at radius 2 is 1.89 bits per heavy atom. The Morgan fingerprint density at radius 3 is 2.39 bits per heavy atom. The Kier molecular flexibility index (Phi) is 8.15. The standard InChI is InChI=1S/C13H30N3O2/c1-5-6-7-8-9-12(14)13(17)15(18)10-11-16(2,3)4/h12,18H,5-11,14H2,1-4H3/q+1/p+1. The van der Waals surface area contributed by atoms with E-state index in [1.165, 1.54) is 12.8 Å². The van der Waals surface area contributed by atoms with Gasteiger partial charge in [-0.3, -0.25) is 10.0 Å². The molecule has 0 saturated heterocycles. The quantitative estimate of drug-likeness (QED) is 0.274. The molecule has 0 aromatic carbocycles. The summed E-state index contributed by atoms with van der Waals surface area (Å²) in [6.45, 7) is 3.25. The van der Waals surface area contributed by atoms with Crippen LogP contribution in [0.4, 0.5) is 0 Å². The number of hydrogen-bond donors (Lipinski definition) is 2. The highest BCUT2D eigenvalue weighted by Crippen LogP contribution is 2.05. The molecule has 4 N–H and O–H groups in total. The number of amides is 1. The van der Waals surface area contributed by atoms with Gasteiger partial charge < -0.3 is 10.2 Å². The average molecular weight is 261 g/mol. The molecule has 0 fully saturated rings. The molecule has 1 atom stereocenters. The van der Waals surface area contributed by atoms with Crippen molar-refractivity contribution in [2.45, 2.75) is 45.1 Å². The third-order valence-corrected chi connectivity index (χ3v) is 2.99. The van der Waals surface area contributed by atoms with Gasteiger partial charge in [0, 0.05) is 6.42 Å². The van der Waals surface area contributed by atoms with Gasteiger partial charge in [-0.25, -0.2) is 5.06 Å². The second kappa shape index (κ2) is 8.45. The van der Waals surface area contributed by atoms with Crippen LogP contribution in [0, 0.1) is 0 Å². The molecule has 18 heavy (non-hydrogen) atoms. The first kappa shape index (κ1) is 17.4. The van der Waals surface area contributed by atoms with Crippen molar-refractivity contribution in [3.63, 3.8) is 0 Å². The molecule has 0 bridgehead atoms. The monoisotopic (exact) mass is 261 g/mol. The summed E-state index contributed by atoms with van der Waals surface area (Å²) in [4.78, 5) is 11.8. The lowest BCUT2D eigenvalue weighted by atomic mass is 10.1. The first-order chi connectivity index (χ1) is 8.28. The Morgan fingerprint density at radius 1 is 1.28 bits per heavy atom. The Labute approximate surface area is 111 Å². The minimum Gasteiger partial charge on any atom is -0.347 e. The van der Waals surface area contributed by atoms with E-state index in [9.17, 15) is 10.0 Å². The van der Waals surface area contributed by atoms with Crippen molar-refractivity contribution in [3.05, 3.63) is 0 Å². The van der Waals surface area contributed by atoms with Crippen molar-refractivity contribution in [1.29, 1.82) is 0 Å². The zero-order chi connectivity index (χ0) is 14.2. The number of carbonyl (C=O) groups excluding carboxylic acids is 1. The van der Waals surface area contributed by atoms with Crippen LogP contribution in [0.1, 0.15) is 39.0 Å². The van der Waals surface area contributed by atoms with Crippen LogP contribution in [0.15, 0.2) is 0 Å². The largest absolute Gasteiger partial charge is 0.347 e. The third-order valence-electron chi connectivity index (χ3n) is 2.99. The molecule has 0 saturated carbocycles. The van der Waals surface area contributed by atoms with Crippen molar-refractivity contribution in [1.82, 2.24) is 5.06 Å². The zero-order valence-corrected chi connectivity index (χ0v) is 12.5. The normalized spacial score (nSPS) is 13.4. The van der Waals surface area contributed by atoms with E-state index < -0.39 is 0 Å². The molecule has 0 aliphatic rings. The molecule has 0 rings (SSSR count). The fourth-order valence-corrected chi connectivity index (χ4v) is 1.66. The summed E-state index contributed by atoms with van der Waals surface area (Å²) in [6.07, 6.45) is 5.30. The van der Waals surface area contributed by atoms with Gasteiger partial charge in [0.05, 0.1) is 34.2 Å². The van der Waals surface area contributed by atoms with Crippen molar-refractivity contribution in [2.24, 2.45) is 0 Å². The summed E-state index contributed by atoms with van der Waals surface area (Å²) >= 11 is 0. The average Bonchev–Trinajstić information content (AvgIpc) is 2.29. The number of likely N-dealkylation sites (N-methyl/N-ethyl adjacent to an activating group) is 1. The summed E-state index contributed by atoms with van der Waals surface area (Å²) < 4.78 is 0.725. The predicted molar refractivity (Wildman–Crippen MR) is 71.8 cm³/mol. The second-order valence-electron chi connectivity index (χ2n) is 6.02. The fraction of sp³-hybridized carbons (Fsp3) is 0.923. The van der Waals surface area contributed by atoms with Crippen LogP contribution in [0.25, 0.3) is 0 Å². The van der Waals surface area contributed by atoms with Crippen molar-refractivity contribution in [2.75, 3.05) is 34.2 Å². The highest BCUT2D eigenvalue weighted by atomic mass is 16.5. The van der Waals surface area contributed by atoms with Gasteiger partial charge in [0.2, 0.25) is 0 Å². The van der Waals surface area contributed by atoms with Crippen LogP contribution in [0.3, 0.4) is 0 Å². The molecular formula is C13H31N3O2+2. The van der Waals surface area contributed by atoms with Crippen molar-refractivity contribution >= 4 is 5.91 Å². The van der Waals surface area contributed by atoms with Crippen LogP contribution >= 0.6 is 0 Å². The van der Waals surface area contributed by atoms with Crippen LogP contribution in [0.2, 0.25) is 0 Å². The fourth-order valence-electron chi connectivity index (χ4n) is 1.66. The second-order valence-corrected chi connectivity index (χ2v) is 6.02. The molecule has 5 heteroatoms. The van der Waals surface area contributed by atoms with Gasteiger partial charge in [0.1, 0.15) is 0 Å². The lowest BCUT2D eigenvalue weighted by molar-refractivity contribution is -0.870. The first-order valence-electron chi connectivity index (χ1n) is 6.91. The van der Waals surface area contributed by atoms with Gasteiger partial charge in [-0.15, -0.1) is 0 Å². The van der Waals surface area contributed by atoms with Crippen LogP contribution in [-0.2, 0) is 4.79 Å².